The first-order valence-electron chi connectivity index (χ1n) is 9.97. The summed E-state index contributed by atoms with van der Waals surface area (Å²) in [5.74, 6) is -0.345. The van der Waals surface area contributed by atoms with Gasteiger partial charge in [0.05, 0.1) is 17.1 Å². The Morgan fingerprint density at radius 2 is 1.83 bits per heavy atom. The van der Waals surface area contributed by atoms with Crippen LogP contribution >= 0.6 is 0 Å². The molecule has 3 aromatic rings. The number of nitrogens with one attached hydrogen (secondary N) is 2. The second-order valence-electron chi connectivity index (χ2n) is 7.58. The highest BCUT2D eigenvalue weighted by atomic mass is 19.3. The highest BCUT2D eigenvalue weighted by Gasteiger charge is 2.20. The first-order chi connectivity index (χ1) is 14.0. The van der Waals surface area contributed by atoms with E-state index in [2.05, 4.69) is 27.8 Å². The smallest absolute Gasteiger partial charge is 0.266 e. The molecule has 3 nitrogen and oxygen atoms in total. The van der Waals surface area contributed by atoms with Crippen molar-refractivity contribution in [2.75, 3.05) is 18.4 Å². The summed E-state index contributed by atoms with van der Waals surface area (Å²) in [7, 11) is 0. The number of aromatic nitrogens is 1. The summed E-state index contributed by atoms with van der Waals surface area (Å²) in [5, 5.41) is 7.64. The molecule has 0 unspecified atom stereocenters. The Morgan fingerprint density at radius 3 is 2.59 bits per heavy atom. The molecule has 1 saturated heterocycles. The van der Waals surface area contributed by atoms with Gasteiger partial charge in [-0.2, -0.15) is 0 Å². The number of anilines is 1. The van der Waals surface area contributed by atoms with E-state index in [9.17, 15) is 13.2 Å². The number of nitrogens with zero attached hydrogens (tertiary/aromatic N) is 1. The zero-order chi connectivity index (χ0) is 20.4. The summed E-state index contributed by atoms with van der Waals surface area (Å²) < 4.78 is 40.7. The van der Waals surface area contributed by atoms with E-state index in [1.54, 1.807) is 19.2 Å². The molecule has 4 rings (SSSR count). The van der Waals surface area contributed by atoms with Crippen LogP contribution in [0, 0.1) is 5.82 Å². The number of hydrogen-bond acceptors (Lipinski definition) is 3. The molecule has 1 fully saturated rings. The Hall–Kier alpha value is -2.60. The highest BCUT2D eigenvalue weighted by molar-refractivity contribution is 5.91. The summed E-state index contributed by atoms with van der Waals surface area (Å²) in [5.41, 5.74) is 2.60. The van der Waals surface area contributed by atoms with Crippen molar-refractivity contribution in [2.24, 2.45) is 0 Å². The van der Waals surface area contributed by atoms with Gasteiger partial charge in [-0.15, -0.1) is 0 Å². The first kappa shape index (κ1) is 19.7. The normalized spacial score (nSPS) is 16.3. The summed E-state index contributed by atoms with van der Waals surface area (Å²) in [6.45, 7) is 3.80. The lowest BCUT2D eigenvalue weighted by Gasteiger charge is -2.24. The van der Waals surface area contributed by atoms with Gasteiger partial charge < -0.3 is 10.6 Å². The summed E-state index contributed by atoms with van der Waals surface area (Å²) >= 11 is 0. The Balaban J connectivity index is 1.66. The van der Waals surface area contributed by atoms with Crippen LogP contribution in [0.3, 0.4) is 0 Å². The number of alkyl halides is 2. The lowest BCUT2D eigenvalue weighted by atomic mass is 9.89. The Labute approximate surface area is 168 Å². The fourth-order valence-electron chi connectivity index (χ4n) is 4.08. The maximum absolute atomic E-state index is 14.6. The first-order valence-corrected chi connectivity index (χ1v) is 9.97. The molecule has 0 bridgehead atoms. The predicted molar refractivity (Wildman–Crippen MR) is 110 cm³/mol. The van der Waals surface area contributed by atoms with Crippen molar-refractivity contribution in [3.05, 3.63) is 71.2 Å². The second-order valence-corrected chi connectivity index (χ2v) is 7.58. The number of benzene rings is 2. The van der Waals surface area contributed by atoms with Crippen molar-refractivity contribution in [2.45, 2.75) is 38.2 Å². The van der Waals surface area contributed by atoms with E-state index in [-0.39, 0.29) is 5.56 Å². The van der Waals surface area contributed by atoms with Gasteiger partial charge in [0.25, 0.3) is 6.43 Å². The third-order valence-corrected chi connectivity index (χ3v) is 5.71. The summed E-state index contributed by atoms with van der Waals surface area (Å²) in [6, 6.07) is 11.8. The zero-order valence-corrected chi connectivity index (χ0v) is 16.3. The van der Waals surface area contributed by atoms with E-state index in [1.807, 2.05) is 12.1 Å². The molecular weight excluding hydrogens is 375 g/mol. The minimum absolute atomic E-state index is 0.224. The van der Waals surface area contributed by atoms with Crippen LogP contribution in [0.25, 0.3) is 10.9 Å². The molecule has 0 spiro atoms. The van der Waals surface area contributed by atoms with Crippen molar-refractivity contribution in [3.63, 3.8) is 0 Å². The number of pyridine rings is 1. The topological polar surface area (TPSA) is 37.0 Å². The Morgan fingerprint density at radius 1 is 1.07 bits per heavy atom. The van der Waals surface area contributed by atoms with Gasteiger partial charge in [0.2, 0.25) is 0 Å². The number of rotatable bonds is 5. The molecule has 1 aromatic heterocycles. The van der Waals surface area contributed by atoms with Crippen LogP contribution in [0.1, 0.15) is 54.8 Å². The SMILES string of the molecule is C[C@@H](Nc1ccnc2ccc(C3CCNCC3)cc12)c1cccc(C(F)F)c1F. The van der Waals surface area contributed by atoms with E-state index in [1.165, 1.54) is 11.6 Å². The van der Waals surface area contributed by atoms with Crippen LogP contribution < -0.4 is 10.6 Å². The molecule has 0 radical (unpaired) electrons. The van der Waals surface area contributed by atoms with Crippen LogP contribution in [0.4, 0.5) is 18.9 Å². The second kappa shape index (κ2) is 8.41. The van der Waals surface area contributed by atoms with Crippen LogP contribution in [0.15, 0.2) is 48.7 Å². The lowest BCUT2D eigenvalue weighted by molar-refractivity contribution is 0.146. The van der Waals surface area contributed by atoms with Gasteiger partial charge in [-0.1, -0.05) is 24.3 Å². The molecule has 1 aliphatic rings. The Bertz CT molecular complexity index is 1000. The van der Waals surface area contributed by atoms with Gasteiger partial charge in [-0.3, -0.25) is 4.98 Å². The van der Waals surface area contributed by atoms with E-state index in [4.69, 9.17) is 0 Å². The van der Waals surface area contributed by atoms with Gasteiger partial charge >= 0.3 is 0 Å². The number of piperidine rings is 1. The molecule has 2 aromatic carbocycles. The van der Waals surface area contributed by atoms with Gasteiger partial charge in [0, 0.05) is 22.8 Å². The van der Waals surface area contributed by atoms with Crippen molar-refractivity contribution in [1.29, 1.82) is 0 Å². The fraction of sp³-hybridized carbons (Fsp3) is 0.348. The van der Waals surface area contributed by atoms with E-state index >= 15 is 0 Å². The minimum atomic E-state index is -2.84. The molecule has 0 saturated carbocycles. The third kappa shape index (κ3) is 4.08. The van der Waals surface area contributed by atoms with Gasteiger partial charge in [-0.05, 0) is 62.5 Å². The lowest BCUT2D eigenvalue weighted by Crippen LogP contribution is -2.26. The largest absolute Gasteiger partial charge is 0.378 e. The summed E-state index contributed by atoms with van der Waals surface area (Å²) in [4.78, 5) is 4.44. The molecule has 0 amide bonds. The molecular formula is C23H24F3N3. The average Bonchev–Trinajstić information content (AvgIpc) is 2.74. The molecule has 1 aliphatic heterocycles. The minimum Gasteiger partial charge on any atom is -0.378 e. The molecule has 152 valence electrons. The molecule has 6 heteroatoms. The van der Waals surface area contributed by atoms with Crippen LogP contribution in [0.5, 0.6) is 0 Å². The van der Waals surface area contributed by atoms with Gasteiger partial charge in [-0.25, -0.2) is 13.2 Å². The quantitative estimate of drug-likeness (QED) is 0.557. The summed E-state index contributed by atoms with van der Waals surface area (Å²) in [6.07, 6.45) is 1.05. The molecule has 29 heavy (non-hydrogen) atoms. The predicted octanol–water partition coefficient (Wildman–Crippen LogP) is 5.95. The molecule has 0 aliphatic carbocycles. The highest BCUT2D eigenvalue weighted by Crippen LogP contribution is 2.33. The monoisotopic (exact) mass is 399 g/mol. The molecule has 1 atom stereocenters. The van der Waals surface area contributed by atoms with E-state index < -0.39 is 23.8 Å². The van der Waals surface area contributed by atoms with Gasteiger partial charge in [0.15, 0.2) is 0 Å². The molecule has 2 N–H and O–H groups in total. The maximum Gasteiger partial charge on any atom is 0.266 e. The van der Waals surface area contributed by atoms with Crippen molar-refractivity contribution in [1.82, 2.24) is 10.3 Å². The van der Waals surface area contributed by atoms with Crippen LogP contribution in [0.2, 0.25) is 0 Å². The van der Waals surface area contributed by atoms with E-state index in [0.29, 0.717) is 5.92 Å². The third-order valence-electron chi connectivity index (χ3n) is 5.71. The molecule has 2 heterocycles. The fourth-order valence-corrected chi connectivity index (χ4v) is 4.08. The van der Waals surface area contributed by atoms with Crippen molar-refractivity contribution in [3.8, 4) is 0 Å². The zero-order valence-electron chi connectivity index (χ0n) is 16.3. The number of fused-ring (bicyclic) bond motifs is 1. The van der Waals surface area contributed by atoms with Crippen LogP contribution in [-0.4, -0.2) is 18.1 Å². The van der Waals surface area contributed by atoms with E-state index in [0.717, 1.165) is 48.6 Å². The number of halogens is 3. The standard InChI is InChI=1S/C23H24F3N3/c1-14(17-3-2-4-18(22(17)24)23(25)26)29-21-9-12-28-20-6-5-16(13-19(20)21)15-7-10-27-11-8-15/h2-6,9,12-15,23,27H,7-8,10-11H2,1H3,(H,28,29)/t14-/m1/s1. The Kier molecular flexibility index (Phi) is 5.72. The average molecular weight is 399 g/mol. The van der Waals surface area contributed by atoms with Crippen molar-refractivity contribution >= 4 is 16.6 Å². The van der Waals surface area contributed by atoms with Crippen molar-refractivity contribution < 1.29 is 13.2 Å². The number of hydrogen-bond donors (Lipinski definition) is 2. The maximum atomic E-state index is 14.6. The van der Waals surface area contributed by atoms with Gasteiger partial charge in [0.1, 0.15) is 5.82 Å². The van der Waals surface area contributed by atoms with Crippen LogP contribution in [-0.2, 0) is 0 Å².